The molecule has 1 aliphatic heterocycles. The monoisotopic (exact) mass is 202 g/mol. The van der Waals surface area contributed by atoms with E-state index in [-0.39, 0.29) is 18.1 Å². The van der Waals surface area contributed by atoms with E-state index in [4.69, 9.17) is 0 Å². The van der Waals surface area contributed by atoms with E-state index in [2.05, 4.69) is 11.6 Å². The largest absolute Gasteiger partial charge is 0.325 e. The quantitative estimate of drug-likeness (QED) is 0.735. The van der Waals surface area contributed by atoms with Gasteiger partial charge in [0.2, 0.25) is 5.91 Å². The Bertz CT molecular complexity index is 186. The fourth-order valence-electron chi connectivity index (χ4n) is 1.63. The maximum atomic E-state index is 11.7. The van der Waals surface area contributed by atoms with Gasteiger partial charge in [-0.3, -0.25) is 10.1 Å². The maximum absolute atomic E-state index is 11.7. The van der Waals surface area contributed by atoms with Gasteiger partial charge in [0.25, 0.3) is 0 Å². The summed E-state index contributed by atoms with van der Waals surface area (Å²) < 4.78 is 0. The van der Waals surface area contributed by atoms with Crippen molar-refractivity contribution in [3.8, 4) is 0 Å². The molecule has 0 saturated carbocycles. The Morgan fingerprint density at radius 1 is 1.62 bits per heavy atom. The molecule has 1 amide bonds. The van der Waals surface area contributed by atoms with Crippen molar-refractivity contribution >= 4 is 17.7 Å². The average Bonchev–Trinajstić information content (AvgIpc) is 2.39. The van der Waals surface area contributed by atoms with Gasteiger partial charge in [-0.25, -0.2) is 0 Å². The first kappa shape index (κ1) is 10.9. The topological polar surface area (TPSA) is 32.3 Å². The highest BCUT2D eigenvalue weighted by molar-refractivity contribution is 7.98. The summed E-state index contributed by atoms with van der Waals surface area (Å²) in [4.78, 5) is 13.6. The SMILES string of the molecule is CCC1NC(C)N(CCSC)C1=O. The predicted molar refractivity (Wildman–Crippen MR) is 56.8 cm³/mol. The molecule has 76 valence electrons. The lowest BCUT2D eigenvalue weighted by atomic mass is 10.2. The summed E-state index contributed by atoms with van der Waals surface area (Å²) in [5, 5.41) is 3.28. The third-order valence-electron chi connectivity index (χ3n) is 2.44. The average molecular weight is 202 g/mol. The molecular weight excluding hydrogens is 184 g/mol. The number of amides is 1. The van der Waals surface area contributed by atoms with Gasteiger partial charge in [-0.05, 0) is 19.6 Å². The molecule has 1 saturated heterocycles. The van der Waals surface area contributed by atoms with E-state index in [1.807, 2.05) is 18.7 Å². The standard InChI is InChI=1S/C9H18N2OS/c1-4-8-9(12)11(5-6-13-3)7(2)10-8/h7-8,10H,4-6H2,1-3H3. The van der Waals surface area contributed by atoms with Gasteiger partial charge in [-0.1, -0.05) is 6.92 Å². The normalized spacial score (nSPS) is 28.5. The van der Waals surface area contributed by atoms with Gasteiger partial charge in [0.15, 0.2) is 0 Å². The van der Waals surface area contributed by atoms with Crippen LogP contribution >= 0.6 is 11.8 Å². The van der Waals surface area contributed by atoms with Crippen molar-refractivity contribution in [3.63, 3.8) is 0 Å². The van der Waals surface area contributed by atoms with Crippen LogP contribution in [0.3, 0.4) is 0 Å². The van der Waals surface area contributed by atoms with Crippen molar-refractivity contribution in [2.45, 2.75) is 32.5 Å². The fraction of sp³-hybridized carbons (Fsp3) is 0.889. The van der Waals surface area contributed by atoms with Crippen LogP contribution in [0.5, 0.6) is 0 Å². The first-order valence-corrected chi connectivity index (χ1v) is 6.15. The number of carbonyl (C=O) groups is 1. The summed E-state index contributed by atoms with van der Waals surface area (Å²) in [6, 6.07) is 0.0526. The number of hydrogen-bond donors (Lipinski definition) is 1. The molecule has 2 unspecified atom stereocenters. The zero-order valence-corrected chi connectivity index (χ0v) is 9.36. The number of carbonyl (C=O) groups excluding carboxylic acids is 1. The number of thioether (sulfide) groups is 1. The zero-order chi connectivity index (χ0) is 9.84. The molecule has 0 aromatic heterocycles. The summed E-state index contributed by atoms with van der Waals surface area (Å²) in [6.07, 6.45) is 3.17. The second kappa shape index (κ2) is 4.86. The van der Waals surface area contributed by atoms with E-state index >= 15 is 0 Å². The van der Waals surface area contributed by atoms with E-state index < -0.39 is 0 Å². The number of hydrogen-bond acceptors (Lipinski definition) is 3. The number of nitrogens with zero attached hydrogens (tertiary/aromatic N) is 1. The zero-order valence-electron chi connectivity index (χ0n) is 8.54. The molecule has 2 atom stereocenters. The smallest absolute Gasteiger partial charge is 0.241 e. The van der Waals surface area contributed by atoms with Gasteiger partial charge in [0.1, 0.15) is 0 Å². The van der Waals surface area contributed by atoms with Crippen molar-refractivity contribution in [1.29, 1.82) is 0 Å². The van der Waals surface area contributed by atoms with Crippen molar-refractivity contribution in [2.75, 3.05) is 18.6 Å². The van der Waals surface area contributed by atoms with Crippen LogP contribution in [0.25, 0.3) is 0 Å². The molecule has 4 heteroatoms. The van der Waals surface area contributed by atoms with E-state index in [1.165, 1.54) is 0 Å². The molecule has 1 fully saturated rings. The summed E-state index contributed by atoms with van der Waals surface area (Å²) >= 11 is 1.78. The Labute approximate surface area is 84.2 Å². The summed E-state index contributed by atoms with van der Waals surface area (Å²) in [5.41, 5.74) is 0. The Balaban J connectivity index is 2.49. The third kappa shape index (κ3) is 2.38. The third-order valence-corrected chi connectivity index (χ3v) is 3.03. The van der Waals surface area contributed by atoms with E-state index in [9.17, 15) is 4.79 Å². The van der Waals surface area contributed by atoms with Crippen LogP contribution < -0.4 is 5.32 Å². The second-order valence-electron chi connectivity index (χ2n) is 3.33. The molecule has 0 aromatic rings. The molecular formula is C9H18N2OS. The first-order chi connectivity index (χ1) is 6.20. The summed E-state index contributed by atoms with van der Waals surface area (Å²) in [6.45, 7) is 4.96. The van der Waals surface area contributed by atoms with Crippen LogP contribution in [0.4, 0.5) is 0 Å². The van der Waals surface area contributed by atoms with Gasteiger partial charge in [-0.2, -0.15) is 11.8 Å². The summed E-state index contributed by atoms with van der Waals surface area (Å²) in [7, 11) is 0. The Kier molecular flexibility index (Phi) is 4.06. The van der Waals surface area contributed by atoms with Gasteiger partial charge in [-0.15, -0.1) is 0 Å². The fourth-order valence-corrected chi connectivity index (χ4v) is 2.01. The van der Waals surface area contributed by atoms with Crippen molar-refractivity contribution in [2.24, 2.45) is 0 Å². The van der Waals surface area contributed by atoms with Crippen LogP contribution in [0.2, 0.25) is 0 Å². The van der Waals surface area contributed by atoms with Gasteiger partial charge in [0, 0.05) is 12.3 Å². The predicted octanol–water partition coefficient (Wildman–Crippen LogP) is 0.906. The highest BCUT2D eigenvalue weighted by Gasteiger charge is 2.34. The Morgan fingerprint density at radius 3 is 2.77 bits per heavy atom. The lowest BCUT2D eigenvalue weighted by Crippen LogP contribution is -2.36. The van der Waals surface area contributed by atoms with Crippen LogP contribution in [0, 0.1) is 0 Å². The molecule has 0 aliphatic carbocycles. The van der Waals surface area contributed by atoms with E-state index in [0.717, 1.165) is 18.7 Å². The number of rotatable bonds is 4. The van der Waals surface area contributed by atoms with Crippen LogP contribution in [0.15, 0.2) is 0 Å². The number of nitrogens with one attached hydrogen (secondary N) is 1. The minimum atomic E-state index is 0.0526. The van der Waals surface area contributed by atoms with E-state index in [0.29, 0.717) is 0 Å². The lowest BCUT2D eigenvalue weighted by molar-refractivity contribution is -0.129. The summed E-state index contributed by atoms with van der Waals surface area (Å²) in [5.74, 6) is 1.29. The second-order valence-corrected chi connectivity index (χ2v) is 4.31. The van der Waals surface area contributed by atoms with E-state index in [1.54, 1.807) is 11.8 Å². The lowest BCUT2D eigenvalue weighted by Gasteiger charge is -2.19. The highest BCUT2D eigenvalue weighted by Crippen LogP contribution is 2.13. The molecule has 0 aromatic carbocycles. The maximum Gasteiger partial charge on any atom is 0.241 e. The Morgan fingerprint density at radius 2 is 2.31 bits per heavy atom. The molecule has 0 spiro atoms. The van der Waals surface area contributed by atoms with Crippen molar-refractivity contribution in [1.82, 2.24) is 10.2 Å². The van der Waals surface area contributed by atoms with Crippen LogP contribution in [-0.2, 0) is 4.79 Å². The molecule has 1 rings (SSSR count). The van der Waals surface area contributed by atoms with Crippen molar-refractivity contribution < 1.29 is 4.79 Å². The van der Waals surface area contributed by atoms with Gasteiger partial charge >= 0.3 is 0 Å². The van der Waals surface area contributed by atoms with Crippen LogP contribution in [-0.4, -0.2) is 41.6 Å². The molecule has 0 radical (unpaired) electrons. The molecule has 3 nitrogen and oxygen atoms in total. The van der Waals surface area contributed by atoms with Gasteiger partial charge < -0.3 is 4.90 Å². The minimum absolute atomic E-state index is 0.0526. The first-order valence-electron chi connectivity index (χ1n) is 4.76. The molecule has 1 N–H and O–H groups in total. The molecule has 13 heavy (non-hydrogen) atoms. The highest BCUT2D eigenvalue weighted by atomic mass is 32.2. The van der Waals surface area contributed by atoms with Gasteiger partial charge in [0.05, 0.1) is 12.2 Å². The molecule has 1 aliphatic rings. The minimum Gasteiger partial charge on any atom is -0.325 e. The molecule has 1 heterocycles. The molecule has 0 bridgehead atoms. The van der Waals surface area contributed by atoms with Crippen LogP contribution in [0.1, 0.15) is 20.3 Å². The Hall–Kier alpha value is -0.220. The van der Waals surface area contributed by atoms with Crippen molar-refractivity contribution in [3.05, 3.63) is 0 Å².